The van der Waals surface area contributed by atoms with Gasteiger partial charge in [-0.1, -0.05) is 0 Å². The third kappa shape index (κ3) is 3.50. The molecule has 1 aliphatic rings. The minimum atomic E-state index is -0.489. The molecule has 0 bridgehead atoms. The van der Waals surface area contributed by atoms with Gasteiger partial charge in [0.05, 0.1) is 24.2 Å². The Hall–Kier alpha value is -1.40. The van der Waals surface area contributed by atoms with Crippen molar-refractivity contribution in [2.45, 2.75) is 58.1 Å². The number of esters is 1. The lowest BCUT2D eigenvalue weighted by molar-refractivity contribution is -0.143. The Bertz CT molecular complexity index is 502. The van der Waals surface area contributed by atoms with E-state index in [1.54, 1.807) is 19.3 Å². The van der Waals surface area contributed by atoms with E-state index in [1.165, 1.54) is 0 Å². The molecule has 1 aromatic rings. The van der Waals surface area contributed by atoms with E-state index < -0.39 is 18.3 Å². The zero-order chi connectivity index (χ0) is 16.4. The molecule has 0 amide bonds. The Balaban J connectivity index is 2.24. The largest absolute Gasteiger partial charge is 0.466 e. The van der Waals surface area contributed by atoms with Crippen LogP contribution in [0.5, 0.6) is 0 Å². The maximum atomic E-state index is 12.0. The van der Waals surface area contributed by atoms with Gasteiger partial charge in [0, 0.05) is 18.2 Å². The van der Waals surface area contributed by atoms with E-state index in [1.807, 2.05) is 39.8 Å². The van der Waals surface area contributed by atoms with Crippen LogP contribution >= 0.6 is 0 Å². The van der Waals surface area contributed by atoms with Gasteiger partial charge < -0.3 is 14.0 Å². The molecule has 1 unspecified atom stereocenters. The van der Waals surface area contributed by atoms with Crippen molar-refractivity contribution in [1.82, 2.24) is 4.98 Å². The molecule has 2 heterocycles. The third-order valence-corrected chi connectivity index (χ3v) is 4.43. The topological polar surface area (TPSA) is 57.7 Å². The van der Waals surface area contributed by atoms with Gasteiger partial charge in [0.25, 0.3) is 0 Å². The van der Waals surface area contributed by atoms with E-state index in [4.69, 9.17) is 14.0 Å². The van der Waals surface area contributed by atoms with Crippen molar-refractivity contribution in [2.24, 2.45) is 0 Å². The molecule has 120 valence electrons. The predicted molar refractivity (Wildman–Crippen MR) is 84.3 cm³/mol. The van der Waals surface area contributed by atoms with Crippen molar-refractivity contribution in [3.8, 4) is 0 Å². The fourth-order valence-electron chi connectivity index (χ4n) is 2.43. The van der Waals surface area contributed by atoms with E-state index in [0.717, 1.165) is 5.56 Å². The molecule has 1 aliphatic heterocycles. The van der Waals surface area contributed by atoms with Crippen LogP contribution < -0.4 is 0 Å². The van der Waals surface area contributed by atoms with Gasteiger partial charge in [-0.25, -0.2) is 0 Å². The van der Waals surface area contributed by atoms with Crippen LogP contribution in [0.2, 0.25) is 0 Å². The summed E-state index contributed by atoms with van der Waals surface area (Å²) in [6.45, 7) is 10.2. The Labute approximate surface area is 132 Å². The van der Waals surface area contributed by atoms with Crippen LogP contribution in [0.1, 0.15) is 52.4 Å². The smallest absolute Gasteiger partial charge is 0.466 e. The molecule has 1 fully saturated rings. The summed E-state index contributed by atoms with van der Waals surface area (Å²) in [7, 11) is -0.489. The quantitative estimate of drug-likeness (QED) is 0.618. The summed E-state index contributed by atoms with van der Waals surface area (Å²) in [5.41, 5.74) is 0.0939. The van der Waals surface area contributed by atoms with Crippen LogP contribution in [-0.2, 0) is 18.8 Å². The van der Waals surface area contributed by atoms with Crippen molar-refractivity contribution in [2.75, 3.05) is 6.61 Å². The second-order valence-corrected chi connectivity index (χ2v) is 6.52. The zero-order valence-electron chi connectivity index (χ0n) is 14.0. The number of hydrogen-bond acceptors (Lipinski definition) is 5. The highest BCUT2D eigenvalue weighted by Gasteiger charge is 2.54. The highest BCUT2D eigenvalue weighted by atomic mass is 16.7. The molecule has 5 nitrogen and oxygen atoms in total. The molecule has 0 aromatic carbocycles. The summed E-state index contributed by atoms with van der Waals surface area (Å²) in [5.74, 6) is -0.470. The molecule has 0 radical (unpaired) electrons. The van der Waals surface area contributed by atoms with Gasteiger partial charge in [-0.15, -0.1) is 0 Å². The van der Waals surface area contributed by atoms with Gasteiger partial charge in [0.2, 0.25) is 0 Å². The van der Waals surface area contributed by atoms with Crippen LogP contribution in [0.15, 0.2) is 24.5 Å². The fourth-order valence-corrected chi connectivity index (χ4v) is 2.43. The number of carbonyl (C=O) groups is 1. The number of carbonyl (C=O) groups excluding carboxylic acids is 1. The molecule has 0 N–H and O–H groups in total. The monoisotopic (exact) mass is 305 g/mol. The maximum Gasteiger partial charge on any atom is 0.466 e. The van der Waals surface area contributed by atoms with Gasteiger partial charge in [0.15, 0.2) is 0 Å². The summed E-state index contributed by atoms with van der Waals surface area (Å²) in [6.07, 6.45) is 3.63. The number of nitrogens with zero attached hydrogens (tertiary/aromatic N) is 1. The fraction of sp³-hybridized carbons (Fsp3) is 0.625. The van der Waals surface area contributed by atoms with Gasteiger partial charge in [-0.3, -0.25) is 9.78 Å². The molecular weight excluding hydrogens is 281 g/mol. The molecule has 22 heavy (non-hydrogen) atoms. The second kappa shape index (κ2) is 6.38. The van der Waals surface area contributed by atoms with Crippen molar-refractivity contribution < 1.29 is 18.8 Å². The SMILES string of the molecule is CCOC(=O)CC(B1OC(C)(C)C(C)(C)O1)c1ccncc1. The van der Waals surface area contributed by atoms with Gasteiger partial charge in [-0.05, 0) is 52.3 Å². The van der Waals surface area contributed by atoms with E-state index in [2.05, 4.69) is 4.98 Å². The zero-order valence-corrected chi connectivity index (χ0v) is 14.0. The Kier molecular flexibility index (Phi) is 4.92. The molecule has 1 atom stereocenters. The van der Waals surface area contributed by atoms with E-state index in [-0.39, 0.29) is 18.2 Å². The highest BCUT2D eigenvalue weighted by molar-refractivity contribution is 6.48. The normalized spacial score (nSPS) is 20.7. The van der Waals surface area contributed by atoms with Crippen LogP contribution in [0.3, 0.4) is 0 Å². The summed E-state index contributed by atoms with van der Waals surface area (Å²) >= 11 is 0. The molecule has 2 rings (SSSR count). The number of ether oxygens (including phenoxy) is 1. The predicted octanol–water partition coefficient (Wildman–Crippen LogP) is 2.75. The number of rotatable bonds is 5. The minimum absolute atomic E-state index is 0.217. The Morgan fingerprint density at radius 3 is 2.27 bits per heavy atom. The van der Waals surface area contributed by atoms with Gasteiger partial charge in [0.1, 0.15) is 0 Å². The summed E-state index contributed by atoms with van der Waals surface area (Å²) in [6, 6.07) is 3.77. The molecule has 1 saturated heterocycles. The highest BCUT2D eigenvalue weighted by Crippen LogP contribution is 2.41. The first-order chi connectivity index (χ1) is 10.3. The van der Waals surface area contributed by atoms with Gasteiger partial charge >= 0.3 is 13.1 Å². The van der Waals surface area contributed by atoms with Crippen molar-refractivity contribution in [3.63, 3.8) is 0 Å². The molecular formula is C16H24BNO4. The molecule has 0 spiro atoms. The minimum Gasteiger partial charge on any atom is -0.466 e. The molecule has 0 saturated carbocycles. The molecule has 0 aliphatic carbocycles. The lowest BCUT2D eigenvalue weighted by atomic mass is 9.66. The van der Waals surface area contributed by atoms with Crippen LogP contribution in [0, 0.1) is 0 Å². The second-order valence-electron chi connectivity index (χ2n) is 6.52. The first-order valence-electron chi connectivity index (χ1n) is 7.68. The first kappa shape index (κ1) is 17.0. The lowest BCUT2D eigenvalue weighted by Crippen LogP contribution is -2.41. The maximum absolute atomic E-state index is 12.0. The lowest BCUT2D eigenvalue weighted by Gasteiger charge is -2.32. The van der Waals surface area contributed by atoms with Gasteiger partial charge in [-0.2, -0.15) is 0 Å². The number of pyridine rings is 1. The average molecular weight is 305 g/mol. The van der Waals surface area contributed by atoms with E-state index >= 15 is 0 Å². The summed E-state index contributed by atoms with van der Waals surface area (Å²) < 4.78 is 17.3. The Morgan fingerprint density at radius 2 is 1.77 bits per heavy atom. The Morgan fingerprint density at radius 1 is 1.23 bits per heavy atom. The third-order valence-electron chi connectivity index (χ3n) is 4.43. The van der Waals surface area contributed by atoms with Crippen LogP contribution in [0.4, 0.5) is 0 Å². The molecule has 1 aromatic heterocycles. The standard InChI is InChI=1S/C16H24BNO4/c1-6-20-14(19)11-13(12-7-9-18-10-8-12)17-21-15(2,3)16(4,5)22-17/h7-10,13H,6,11H2,1-5H3. The van der Waals surface area contributed by atoms with E-state index in [0.29, 0.717) is 6.61 Å². The van der Waals surface area contributed by atoms with Crippen molar-refractivity contribution in [3.05, 3.63) is 30.1 Å². The molecule has 6 heteroatoms. The average Bonchev–Trinajstić information content (AvgIpc) is 2.66. The number of hydrogen-bond donors (Lipinski definition) is 0. The summed E-state index contributed by atoms with van der Waals surface area (Å²) in [4.78, 5) is 16.0. The van der Waals surface area contributed by atoms with Crippen LogP contribution in [-0.4, -0.2) is 35.9 Å². The van der Waals surface area contributed by atoms with E-state index in [9.17, 15) is 4.79 Å². The van der Waals surface area contributed by atoms with Crippen molar-refractivity contribution >= 4 is 13.1 Å². The first-order valence-corrected chi connectivity index (χ1v) is 7.68. The number of aromatic nitrogens is 1. The van der Waals surface area contributed by atoms with Crippen molar-refractivity contribution in [1.29, 1.82) is 0 Å². The van der Waals surface area contributed by atoms with Crippen LogP contribution in [0.25, 0.3) is 0 Å². The summed E-state index contributed by atoms with van der Waals surface area (Å²) in [5, 5.41) is 0.